The minimum absolute atomic E-state index is 0.627. The highest BCUT2D eigenvalue weighted by atomic mass is 35.5. The second kappa shape index (κ2) is 8.43. The molecule has 138 valence electrons. The van der Waals surface area contributed by atoms with Gasteiger partial charge in [0.1, 0.15) is 5.75 Å². The minimum atomic E-state index is 0.627. The fraction of sp³-hybridized carbons (Fsp3) is 0.350. The van der Waals surface area contributed by atoms with Crippen molar-refractivity contribution in [3.8, 4) is 5.75 Å². The van der Waals surface area contributed by atoms with Gasteiger partial charge < -0.3 is 9.64 Å². The van der Waals surface area contributed by atoms with E-state index in [-0.39, 0.29) is 0 Å². The van der Waals surface area contributed by atoms with Gasteiger partial charge in [0.05, 0.1) is 12.3 Å². The molecule has 2 aromatic carbocycles. The predicted molar refractivity (Wildman–Crippen MR) is 106 cm³/mol. The van der Waals surface area contributed by atoms with E-state index in [4.69, 9.17) is 16.3 Å². The lowest BCUT2D eigenvalue weighted by molar-refractivity contribution is -0.110. The molecule has 1 saturated heterocycles. The van der Waals surface area contributed by atoms with Crippen molar-refractivity contribution in [1.82, 2.24) is 5.01 Å². The van der Waals surface area contributed by atoms with Crippen LogP contribution in [0.15, 0.2) is 42.5 Å². The van der Waals surface area contributed by atoms with Crippen molar-refractivity contribution in [2.24, 2.45) is 0 Å². The predicted octanol–water partition coefficient (Wildman–Crippen LogP) is 3.75. The summed E-state index contributed by atoms with van der Waals surface area (Å²) in [5.74, 6) is 0.809. The highest BCUT2D eigenvalue weighted by molar-refractivity contribution is 6.30. The number of hydrogen-bond donors (Lipinski definition) is 0. The van der Waals surface area contributed by atoms with E-state index in [9.17, 15) is 4.79 Å². The van der Waals surface area contributed by atoms with Crippen molar-refractivity contribution in [2.45, 2.75) is 13.8 Å². The van der Waals surface area contributed by atoms with Crippen LogP contribution in [0.25, 0.3) is 0 Å². The van der Waals surface area contributed by atoms with E-state index in [0.29, 0.717) is 6.61 Å². The molecule has 1 aliphatic heterocycles. The Kier molecular flexibility index (Phi) is 6.01. The zero-order valence-corrected chi connectivity index (χ0v) is 15.9. The number of rotatable bonds is 6. The molecule has 3 rings (SSSR count). The summed E-state index contributed by atoms with van der Waals surface area (Å²) in [6.07, 6.45) is 0.871. The topological polar surface area (TPSA) is 36.0 Å². The van der Waals surface area contributed by atoms with Crippen LogP contribution in [-0.2, 0) is 4.79 Å². The summed E-state index contributed by atoms with van der Waals surface area (Å²) in [4.78, 5) is 14.0. The first-order chi connectivity index (χ1) is 12.6. The van der Waals surface area contributed by atoms with Gasteiger partial charge in [-0.15, -0.1) is 0 Å². The van der Waals surface area contributed by atoms with Gasteiger partial charge in [0.15, 0.2) is 0 Å². The number of amides is 1. The van der Waals surface area contributed by atoms with Crippen LogP contribution in [0, 0.1) is 6.92 Å². The molecular formula is C20H24ClN3O2. The van der Waals surface area contributed by atoms with E-state index in [2.05, 4.69) is 16.8 Å². The molecule has 0 atom stereocenters. The third-order valence-electron chi connectivity index (χ3n) is 4.58. The lowest BCUT2D eigenvalue weighted by Gasteiger charge is -2.40. The molecule has 1 fully saturated rings. The van der Waals surface area contributed by atoms with Gasteiger partial charge in [-0.05, 0) is 55.8 Å². The van der Waals surface area contributed by atoms with Gasteiger partial charge in [-0.1, -0.05) is 17.7 Å². The van der Waals surface area contributed by atoms with Crippen molar-refractivity contribution < 1.29 is 9.53 Å². The summed E-state index contributed by atoms with van der Waals surface area (Å²) in [5, 5.41) is 4.49. The largest absolute Gasteiger partial charge is 0.494 e. The number of nitrogens with zero attached hydrogens (tertiary/aromatic N) is 3. The Balaban J connectivity index is 1.67. The van der Waals surface area contributed by atoms with Crippen LogP contribution < -0.4 is 14.6 Å². The molecule has 1 heterocycles. The Morgan fingerprint density at radius 1 is 1.12 bits per heavy atom. The summed E-state index contributed by atoms with van der Waals surface area (Å²) in [6, 6.07) is 13.6. The summed E-state index contributed by atoms with van der Waals surface area (Å²) in [6.45, 7) is 7.87. The average molecular weight is 374 g/mol. The zero-order chi connectivity index (χ0) is 18.5. The monoisotopic (exact) mass is 373 g/mol. The van der Waals surface area contributed by atoms with E-state index >= 15 is 0 Å². The van der Waals surface area contributed by atoms with E-state index in [1.54, 1.807) is 5.01 Å². The van der Waals surface area contributed by atoms with Crippen LogP contribution in [-0.4, -0.2) is 44.2 Å². The molecule has 1 aliphatic rings. The lowest BCUT2D eigenvalue weighted by atomic mass is 10.1. The number of piperazine rings is 1. The van der Waals surface area contributed by atoms with Crippen molar-refractivity contribution in [3.63, 3.8) is 0 Å². The molecule has 0 N–H and O–H groups in total. The maximum absolute atomic E-state index is 11.7. The van der Waals surface area contributed by atoms with Gasteiger partial charge >= 0.3 is 0 Å². The number of hydrogen-bond acceptors (Lipinski definition) is 4. The number of aryl methyl sites for hydroxylation is 1. The van der Waals surface area contributed by atoms with Crippen LogP contribution in [0.4, 0.5) is 11.4 Å². The molecule has 0 radical (unpaired) electrons. The third-order valence-corrected chi connectivity index (χ3v) is 4.82. The van der Waals surface area contributed by atoms with Crippen LogP contribution in [0.5, 0.6) is 5.75 Å². The van der Waals surface area contributed by atoms with Gasteiger partial charge in [-0.3, -0.25) is 4.79 Å². The van der Waals surface area contributed by atoms with Crippen LogP contribution in [0.3, 0.4) is 0 Å². The Hall–Kier alpha value is -2.24. The summed E-state index contributed by atoms with van der Waals surface area (Å²) in [5.41, 5.74) is 3.22. The van der Waals surface area contributed by atoms with Gasteiger partial charge in [-0.25, -0.2) is 10.0 Å². The van der Waals surface area contributed by atoms with E-state index in [1.807, 2.05) is 49.4 Å². The standard InChI is InChI=1S/C20H24ClN3O2/c1-3-26-19-8-6-18(7-9-19)24(15-25)23-12-10-22(11-13-23)20-14-17(21)5-4-16(20)2/h4-9,14-15H,3,10-13H2,1-2H3. The van der Waals surface area contributed by atoms with Gasteiger partial charge in [0.2, 0.25) is 6.41 Å². The number of anilines is 2. The van der Waals surface area contributed by atoms with Crippen LogP contribution >= 0.6 is 11.6 Å². The molecule has 0 aliphatic carbocycles. The van der Waals surface area contributed by atoms with Crippen molar-refractivity contribution in [2.75, 3.05) is 42.7 Å². The first-order valence-electron chi connectivity index (χ1n) is 8.85. The molecular weight excluding hydrogens is 350 g/mol. The second-order valence-electron chi connectivity index (χ2n) is 6.25. The Bertz CT molecular complexity index is 743. The van der Waals surface area contributed by atoms with Crippen molar-refractivity contribution in [1.29, 1.82) is 0 Å². The Morgan fingerprint density at radius 3 is 2.42 bits per heavy atom. The number of carbonyl (C=O) groups is 1. The van der Waals surface area contributed by atoms with Gasteiger partial charge in [-0.2, -0.15) is 0 Å². The SMILES string of the molecule is CCOc1ccc(N(C=O)N2CCN(c3cc(Cl)ccc3C)CC2)cc1. The summed E-state index contributed by atoms with van der Waals surface area (Å²) in [7, 11) is 0. The normalized spacial score (nSPS) is 15.0. The molecule has 0 spiro atoms. The molecule has 0 saturated carbocycles. The third kappa shape index (κ3) is 4.11. The fourth-order valence-corrected chi connectivity index (χ4v) is 3.39. The molecule has 0 bridgehead atoms. The lowest BCUT2D eigenvalue weighted by Crippen LogP contribution is -2.53. The van der Waals surface area contributed by atoms with Crippen LogP contribution in [0.2, 0.25) is 5.02 Å². The molecule has 0 unspecified atom stereocenters. The van der Waals surface area contributed by atoms with Gasteiger partial charge in [0.25, 0.3) is 0 Å². The Morgan fingerprint density at radius 2 is 1.81 bits per heavy atom. The highest BCUT2D eigenvalue weighted by Gasteiger charge is 2.23. The highest BCUT2D eigenvalue weighted by Crippen LogP contribution is 2.26. The number of benzene rings is 2. The Labute approximate surface area is 159 Å². The average Bonchev–Trinajstić information content (AvgIpc) is 2.66. The van der Waals surface area contributed by atoms with Crippen LogP contribution in [0.1, 0.15) is 12.5 Å². The molecule has 2 aromatic rings. The second-order valence-corrected chi connectivity index (χ2v) is 6.68. The summed E-state index contributed by atoms with van der Waals surface area (Å²) >= 11 is 6.15. The van der Waals surface area contributed by atoms with E-state index in [0.717, 1.165) is 54.7 Å². The van der Waals surface area contributed by atoms with E-state index < -0.39 is 0 Å². The number of ether oxygens (including phenoxy) is 1. The molecule has 6 heteroatoms. The van der Waals surface area contributed by atoms with E-state index in [1.165, 1.54) is 5.56 Å². The number of halogens is 1. The zero-order valence-electron chi connectivity index (χ0n) is 15.2. The quantitative estimate of drug-likeness (QED) is 0.722. The van der Waals surface area contributed by atoms with Crippen molar-refractivity contribution in [3.05, 3.63) is 53.1 Å². The summed E-state index contributed by atoms with van der Waals surface area (Å²) < 4.78 is 5.47. The molecule has 5 nitrogen and oxygen atoms in total. The smallest absolute Gasteiger partial charge is 0.228 e. The number of carbonyl (C=O) groups excluding carboxylic acids is 1. The maximum Gasteiger partial charge on any atom is 0.228 e. The van der Waals surface area contributed by atoms with Gasteiger partial charge in [0, 0.05) is 36.9 Å². The first kappa shape index (κ1) is 18.5. The maximum atomic E-state index is 11.7. The molecule has 0 aromatic heterocycles. The number of hydrazine groups is 1. The minimum Gasteiger partial charge on any atom is -0.494 e. The fourth-order valence-electron chi connectivity index (χ4n) is 3.23. The molecule has 26 heavy (non-hydrogen) atoms. The first-order valence-corrected chi connectivity index (χ1v) is 9.23. The molecule has 1 amide bonds. The van der Waals surface area contributed by atoms with Crippen molar-refractivity contribution >= 4 is 29.4 Å².